The highest BCUT2D eigenvalue weighted by Gasteiger charge is 2.54. The third-order valence-electron chi connectivity index (χ3n) is 5.25. The largest absolute Gasteiger partial charge is 0.497 e. The Bertz CT molecular complexity index is 1030. The highest BCUT2D eigenvalue weighted by molar-refractivity contribution is 7.17. The number of fused-ring (bicyclic) bond motifs is 1. The molecule has 2 aromatic carbocycles. The molecule has 6 heteroatoms. The van der Waals surface area contributed by atoms with Gasteiger partial charge in [0.25, 0.3) is 5.91 Å². The van der Waals surface area contributed by atoms with Gasteiger partial charge in [0, 0.05) is 28.4 Å². The average molecular weight is 381 g/mol. The molecule has 1 atom stereocenters. The van der Waals surface area contributed by atoms with E-state index in [9.17, 15) is 14.7 Å². The van der Waals surface area contributed by atoms with Crippen LogP contribution in [0.25, 0.3) is 10.1 Å². The molecule has 1 unspecified atom stereocenters. The first kappa shape index (κ1) is 17.5. The van der Waals surface area contributed by atoms with Gasteiger partial charge in [0.1, 0.15) is 11.3 Å². The number of ether oxygens (including phenoxy) is 1. The van der Waals surface area contributed by atoms with Gasteiger partial charge in [-0.25, -0.2) is 4.79 Å². The van der Waals surface area contributed by atoms with Crippen molar-refractivity contribution in [3.05, 3.63) is 65.0 Å². The molecule has 1 aliphatic heterocycles. The van der Waals surface area contributed by atoms with Crippen molar-refractivity contribution in [2.75, 3.05) is 13.7 Å². The molecule has 1 fully saturated rings. The number of carbonyl (C=O) groups excluding carboxylic acids is 1. The minimum atomic E-state index is -1.22. The van der Waals surface area contributed by atoms with Crippen molar-refractivity contribution in [3.63, 3.8) is 0 Å². The van der Waals surface area contributed by atoms with E-state index < -0.39 is 11.5 Å². The zero-order chi connectivity index (χ0) is 19.0. The Morgan fingerprint density at radius 3 is 2.74 bits per heavy atom. The maximum Gasteiger partial charge on any atom is 0.330 e. The summed E-state index contributed by atoms with van der Waals surface area (Å²) in [5.74, 6) is -0.512. The molecule has 5 nitrogen and oxygen atoms in total. The average Bonchev–Trinajstić information content (AvgIpc) is 3.09. The van der Waals surface area contributed by atoms with Crippen LogP contribution in [0.1, 0.15) is 22.3 Å². The summed E-state index contributed by atoms with van der Waals surface area (Å²) in [6.07, 6.45) is 0.695. The molecule has 27 heavy (non-hydrogen) atoms. The number of carbonyl (C=O) groups is 2. The van der Waals surface area contributed by atoms with Gasteiger partial charge in [0.05, 0.1) is 12.7 Å². The fraction of sp³-hybridized carbons (Fsp3) is 0.238. The second-order valence-corrected chi connectivity index (χ2v) is 7.63. The summed E-state index contributed by atoms with van der Waals surface area (Å²) < 4.78 is 6.26. The van der Waals surface area contributed by atoms with E-state index in [4.69, 9.17) is 4.74 Å². The van der Waals surface area contributed by atoms with Crippen LogP contribution in [-0.2, 0) is 11.2 Å². The van der Waals surface area contributed by atoms with Gasteiger partial charge in [-0.15, -0.1) is 11.3 Å². The van der Waals surface area contributed by atoms with E-state index in [1.165, 1.54) is 16.2 Å². The Morgan fingerprint density at radius 1 is 1.22 bits per heavy atom. The lowest BCUT2D eigenvalue weighted by Crippen LogP contribution is -2.67. The standard InChI is InChI=1S/C21H19NO4S/c1-26-15-6-4-5-14(11-15)12-21(20(24)25)9-10-22(21)19(23)17-13-27-18-8-3-2-7-16(17)18/h2-8,11,13H,9-10,12H2,1H3,(H,24,25). The van der Waals surface area contributed by atoms with Crippen molar-refractivity contribution in [1.82, 2.24) is 4.90 Å². The van der Waals surface area contributed by atoms with Crippen molar-refractivity contribution >= 4 is 33.3 Å². The van der Waals surface area contributed by atoms with Crippen LogP contribution in [0.3, 0.4) is 0 Å². The smallest absolute Gasteiger partial charge is 0.330 e. The van der Waals surface area contributed by atoms with Gasteiger partial charge in [-0.05, 0) is 30.2 Å². The molecule has 2 heterocycles. The first-order valence-corrected chi connectivity index (χ1v) is 9.58. The lowest BCUT2D eigenvalue weighted by atomic mass is 9.78. The summed E-state index contributed by atoms with van der Waals surface area (Å²) >= 11 is 1.50. The number of aliphatic carboxylic acids is 1. The Balaban J connectivity index is 1.67. The van der Waals surface area contributed by atoms with Crippen LogP contribution >= 0.6 is 11.3 Å². The molecule has 0 saturated carbocycles. The van der Waals surface area contributed by atoms with E-state index in [-0.39, 0.29) is 12.3 Å². The number of rotatable bonds is 5. The third-order valence-corrected chi connectivity index (χ3v) is 6.21. The number of likely N-dealkylation sites (tertiary alicyclic amines) is 1. The summed E-state index contributed by atoms with van der Waals surface area (Å²) in [7, 11) is 1.58. The SMILES string of the molecule is COc1cccc(CC2(C(=O)O)CCN2C(=O)c2csc3ccccc23)c1. The number of hydrogen-bond acceptors (Lipinski definition) is 4. The van der Waals surface area contributed by atoms with Crippen molar-refractivity contribution in [2.45, 2.75) is 18.4 Å². The van der Waals surface area contributed by atoms with Crippen LogP contribution in [0.15, 0.2) is 53.9 Å². The van der Waals surface area contributed by atoms with Crippen LogP contribution < -0.4 is 4.74 Å². The van der Waals surface area contributed by atoms with Crippen molar-refractivity contribution < 1.29 is 19.4 Å². The number of benzene rings is 2. The Hall–Kier alpha value is -2.86. The number of nitrogens with zero attached hydrogens (tertiary/aromatic N) is 1. The van der Waals surface area contributed by atoms with E-state index in [1.54, 1.807) is 7.11 Å². The fourth-order valence-electron chi connectivity index (χ4n) is 3.68. The van der Waals surface area contributed by atoms with Crippen molar-refractivity contribution in [2.24, 2.45) is 0 Å². The van der Waals surface area contributed by atoms with Gasteiger partial charge in [0.2, 0.25) is 0 Å². The first-order chi connectivity index (χ1) is 13.0. The molecule has 0 bridgehead atoms. The quantitative estimate of drug-likeness (QED) is 0.730. The van der Waals surface area contributed by atoms with E-state index in [2.05, 4.69) is 0 Å². The number of methoxy groups -OCH3 is 1. The number of thiophene rings is 1. The summed E-state index contributed by atoms with van der Waals surface area (Å²) in [6.45, 7) is 0.444. The second-order valence-electron chi connectivity index (χ2n) is 6.72. The molecule has 1 aromatic heterocycles. The third kappa shape index (κ3) is 2.86. The molecule has 1 saturated heterocycles. The van der Waals surface area contributed by atoms with Gasteiger partial charge < -0.3 is 14.7 Å². The Kier molecular flexibility index (Phi) is 4.36. The fourth-order valence-corrected chi connectivity index (χ4v) is 4.61. The zero-order valence-electron chi connectivity index (χ0n) is 14.8. The number of carboxylic acids is 1. The molecule has 138 valence electrons. The van der Waals surface area contributed by atoms with Crippen LogP contribution in [0.5, 0.6) is 5.75 Å². The maximum absolute atomic E-state index is 13.2. The number of hydrogen-bond donors (Lipinski definition) is 1. The normalized spacial score (nSPS) is 18.9. The van der Waals surface area contributed by atoms with E-state index in [1.807, 2.05) is 53.9 Å². The molecule has 1 aliphatic rings. The predicted molar refractivity (Wildman–Crippen MR) is 105 cm³/mol. The number of amides is 1. The lowest BCUT2D eigenvalue weighted by molar-refractivity contribution is -0.157. The van der Waals surface area contributed by atoms with E-state index >= 15 is 0 Å². The highest BCUT2D eigenvalue weighted by atomic mass is 32.1. The molecular weight excluding hydrogens is 362 g/mol. The lowest BCUT2D eigenvalue weighted by Gasteiger charge is -2.49. The monoisotopic (exact) mass is 381 g/mol. The van der Waals surface area contributed by atoms with Gasteiger partial charge in [-0.2, -0.15) is 0 Å². The molecule has 1 amide bonds. The van der Waals surface area contributed by atoms with Crippen molar-refractivity contribution in [1.29, 1.82) is 0 Å². The minimum Gasteiger partial charge on any atom is -0.497 e. The minimum absolute atomic E-state index is 0.219. The second kappa shape index (κ2) is 6.70. The summed E-state index contributed by atoms with van der Waals surface area (Å²) in [5, 5.41) is 12.7. The molecule has 3 aromatic rings. The molecule has 1 N–H and O–H groups in total. The van der Waals surface area contributed by atoms with E-state index in [0.717, 1.165) is 15.6 Å². The Morgan fingerprint density at radius 2 is 2.04 bits per heavy atom. The van der Waals surface area contributed by atoms with Gasteiger partial charge in [-0.1, -0.05) is 30.3 Å². The van der Waals surface area contributed by atoms with Crippen LogP contribution in [0.4, 0.5) is 0 Å². The summed E-state index contributed by atoms with van der Waals surface area (Å²) in [5.41, 5.74) is 0.197. The van der Waals surface area contributed by atoms with Crippen LogP contribution in [0.2, 0.25) is 0 Å². The van der Waals surface area contributed by atoms with Crippen LogP contribution in [0, 0.1) is 0 Å². The van der Waals surface area contributed by atoms with Crippen molar-refractivity contribution in [3.8, 4) is 5.75 Å². The van der Waals surface area contributed by atoms with Gasteiger partial charge >= 0.3 is 5.97 Å². The molecule has 0 aliphatic carbocycles. The number of carboxylic acid groups (broad SMARTS) is 1. The van der Waals surface area contributed by atoms with Gasteiger partial charge in [0.15, 0.2) is 0 Å². The topological polar surface area (TPSA) is 66.8 Å². The summed E-state index contributed by atoms with van der Waals surface area (Å²) in [6, 6.07) is 15.0. The molecule has 0 radical (unpaired) electrons. The Labute approximate surface area is 160 Å². The molecular formula is C21H19NO4S. The van der Waals surface area contributed by atoms with Gasteiger partial charge in [-0.3, -0.25) is 4.79 Å². The van der Waals surface area contributed by atoms with E-state index in [0.29, 0.717) is 24.3 Å². The summed E-state index contributed by atoms with van der Waals surface area (Å²) in [4.78, 5) is 26.9. The molecule has 0 spiro atoms. The predicted octanol–water partition coefficient (Wildman–Crippen LogP) is 3.82. The maximum atomic E-state index is 13.2. The zero-order valence-corrected chi connectivity index (χ0v) is 15.7. The highest BCUT2D eigenvalue weighted by Crippen LogP contribution is 2.38. The molecule has 4 rings (SSSR count). The first-order valence-electron chi connectivity index (χ1n) is 8.70. The van der Waals surface area contributed by atoms with Crippen LogP contribution in [-0.4, -0.2) is 41.1 Å².